The molecule has 0 heterocycles. The Kier molecular flexibility index (Phi) is 5.67. The first-order valence-electron chi connectivity index (χ1n) is 6.88. The first-order valence-corrected chi connectivity index (χ1v) is 6.88. The average Bonchev–Trinajstić information content (AvgIpc) is 2.31. The molecule has 1 aromatic carbocycles. The molecule has 0 aromatic heterocycles. The summed E-state index contributed by atoms with van der Waals surface area (Å²) in [5.41, 5.74) is 4.05. The minimum absolute atomic E-state index is 0.680. The van der Waals surface area contributed by atoms with E-state index in [4.69, 9.17) is 0 Å². The van der Waals surface area contributed by atoms with Crippen molar-refractivity contribution in [1.82, 2.24) is 5.32 Å². The van der Waals surface area contributed by atoms with Gasteiger partial charge in [0, 0.05) is 19.3 Å². The van der Waals surface area contributed by atoms with E-state index < -0.39 is 0 Å². The molecular formula is C16H28N2. The van der Waals surface area contributed by atoms with Gasteiger partial charge in [-0.05, 0) is 56.5 Å². The Balaban J connectivity index is 2.79. The van der Waals surface area contributed by atoms with Crippen LogP contribution in [0.2, 0.25) is 0 Å². The minimum atomic E-state index is 0.680. The molecule has 0 bridgehead atoms. The van der Waals surface area contributed by atoms with Crippen molar-refractivity contribution < 1.29 is 0 Å². The lowest BCUT2D eigenvalue weighted by Gasteiger charge is -2.29. The van der Waals surface area contributed by atoms with E-state index in [9.17, 15) is 0 Å². The zero-order valence-electron chi connectivity index (χ0n) is 12.7. The molecule has 0 fully saturated rings. The van der Waals surface area contributed by atoms with Crippen molar-refractivity contribution in [3.05, 3.63) is 29.3 Å². The van der Waals surface area contributed by atoms with E-state index in [0.29, 0.717) is 11.8 Å². The summed E-state index contributed by atoms with van der Waals surface area (Å²) < 4.78 is 0. The second kappa shape index (κ2) is 6.79. The second-order valence-electron chi connectivity index (χ2n) is 5.73. The molecule has 102 valence electrons. The van der Waals surface area contributed by atoms with Crippen molar-refractivity contribution in [2.45, 2.75) is 27.7 Å². The van der Waals surface area contributed by atoms with Crippen molar-refractivity contribution in [1.29, 1.82) is 0 Å². The predicted molar refractivity (Wildman–Crippen MR) is 81.4 cm³/mol. The van der Waals surface area contributed by atoms with Gasteiger partial charge in [0.15, 0.2) is 0 Å². The number of benzene rings is 1. The van der Waals surface area contributed by atoms with Gasteiger partial charge in [-0.1, -0.05) is 26.0 Å². The number of hydrogen-bond donors (Lipinski definition) is 1. The van der Waals surface area contributed by atoms with Crippen molar-refractivity contribution in [3.63, 3.8) is 0 Å². The molecule has 0 aliphatic rings. The van der Waals surface area contributed by atoms with E-state index in [1.807, 2.05) is 7.05 Å². The summed E-state index contributed by atoms with van der Waals surface area (Å²) >= 11 is 0. The number of anilines is 1. The molecule has 2 nitrogen and oxygen atoms in total. The summed E-state index contributed by atoms with van der Waals surface area (Å²) in [6.07, 6.45) is 0. The number of rotatable bonds is 6. The van der Waals surface area contributed by atoms with E-state index in [1.54, 1.807) is 0 Å². The van der Waals surface area contributed by atoms with Crippen LogP contribution in [0.15, 0.2) is 18.2 Å². The molecule has 0 spiro atoms. The van der Waals surface area contributed by atoms with E-state index in [1.165, 1.54) is 16.8 Å². The Morgan fingerprint density at radius 1 is 1.22 bits per heavy atom. The van der Waals surface area contributed by atoms with Gasteiger partial charge in [-0.2, -0.15) is 0 Å². The van der Waals surface area contributed by atoms with Crippen LogP contribution >= 0.6 is 0 Å². The predicted octanol–water partition coefficient (Wildman–Crippen LogP) is 3.23. The zero-order chi connectivity index (χ0) is 13.7. The summed E-state index contributed by atoms with van der Waals surface area (Å²) in [7, 11) is 4.24. The highest BCUT2D eigenvalue weighted by atomic mass is 15.1. The molecule has 18 heavy (non-hydrogen) atoms. The summed E-state index contributed by atoms with van der Waals surface area (Å²) in [6, 6.07) is 6.68. The number of nitrogens with zero attached hydrogens (tertiary/aromatic N) is 1. The first-order chi connectivity index (χ1) is 8.45. The SMILES string of the molecule is CNCC(CN(C)c1cc(C)ccc1C)C(C)C. The Morgan fingerprint density at radius 2 is 1.89 bits per heavy atom. The lowest BCUT2D eigenvalue weighted by molar-refractivity contribution is 0.376. The van der Waals surface area contributed by atoms with Gasteiger partial charge in [-0.25, -0.2) is 0 Å². The molecule has 0 saturated heterocycles. The summed E-state index contributed by atoms with van der Waals surface area (Å²) in [5, 5.41) is 3.31. The second-order valence-corrected chi connectivity index (χ2v) is 5.73. The highest BCUT2D eigenvalue weighted by molar-refractivity contribution is 5.54. The summed E-state index contributed by atoms with van der Waals surface area (Å²) in [6.45, 7) is 11.1. The van der Waals surface area contributed by atoms with Crippen LogP contribution in [0, 0.1) is 25.7 Å². The third-order valence-corrected chi connectivity index (χ3v) is 3.69. The van der Waals surface area contributed by atoms with E-state index in [2.05, 4.69) is 63.2 Å². The van der Waals surface area contributed by atoms with Crippen molar-refractivity contribution in [2.24, 2.45) is 11.8 Å². The fourth-order valence-corrected chi connectivity index (χ4v) is 2.35. The van der Waals surface area contributed by atoms with Crippen LogP contribution in [0.1, 0.15) is 25.0 Å². The average molecular weight is 248 g/mol. The van der Waals surface area contributed by atoms with Gasteiger partial charge >= 0.3 is 0 Å². The molecule has 0 saturated carbocycles. The standard InChI is InChI=1S/C16H28N2/c1-12(2)15(10-17-5)11-18(6)16-9-13(3)7-8-14(16)4/h7-9,12,15,17H,10-11H2,1-6H3. The maximum atomic E-state index is 3.31. The Labute approximate surface area is 112 Å². The fourth-order valence-electron chi connectivity index (χ4n) is 2.35. The van der Waals surface area contributed by atoms with Gasteiger partial charge in [-0.3, -0.25) is 0 Å². The Hall–Kier alpha value is -1.02. The zero-order valence-corrected chi connectivity index (χ0v) is 12.7. The summed E-state index contributed by atoms with van der Waals surface area (Å²) in [4.78, 5) is 2.39. The van der Waals surface area contributed by atoms with Gasteiger partial charge in [0.05, 0.1) is 0 Å². The lowest BCUT2D eigenvalue weighted by atomic mass is 9.95. The molecule has 1 N–H and O–H groups in total. The van der Waals surface area contributed by atoms with Crippen LogP contribution < -0.4 is 10.2 Å². The molecule has 1 rings (SSSR count). The minimum Gasteiger partial charge on any atom is -0.374 e. The topological polar surface area (TPSA) is 15.3 Å². The normalized spacial score (nSPS) is 12.8. The molecule has 1 unspecified atom stereocenters. The van der Waals surface area contributed by atoms with Crippen LogP contribution in [0.3, 0.4) is 0 Å². The van der Waals surface area contributed by atoms with E-state index in [0.717, 1.165) is 13.1 Å². The van der Waals surface area contributed by atoms with Gasteiger partial charge in [-0.15, -0.1) is 0 Å². The maximum absolute atomic E-state index is 3.31. The highest BCUT2D eigenvalue weighted by Crippen LogP contribution is 2.22. The fraction of sp³-hybridized carbons (Fsp3) is 0.625. The monoisotopic (exact) mass is 248 g/mol. The summed E-state index contributed by atoms with van der Waals surface area (Å²) in [5.74, 6) is 1.38. The molecule has 0 radical (unpaired) electrons. The van der Waals surface area contributed by atoms with Crippen LogP contribution in [0.25, 0.3) is 0 Å². The molecule has 0 aliphatic heterocycles. The van der Waals surface area contributed by atoms with Crippen molar-refractivity contribution >= 4 is 5.69 Å². The van der Waals surface area contributed by atoms with Crippen LogP contribution in [-0.2, 0) is 0 Å². The van der Waals surface area contributed by atoms with Crippen LogP contribution in [0.4, 0.5) is 5.69 Å². The number of hydrogen-bond acceptors (Lipinski definition) is 2. The van der Waals surface area contributed by atoms with E-state index in [-0.39, 0.29) is 0 Å². The van der Waals surface area contributed by atoms with Gasteiger partial charge in [0.1, 0.15) is 0 Å². The van der Waals surface area contributed by atoms with Crippen molar-refractivity contribution in [2.75, 3.05) is 32.1 Å². The first kappa shape index (κ1) is 15.0. The number of aryl methyl sites for hydroxylation is 2. The molecule has 0 aliphatic carbocycles. The Bertz CT molecular complexity index is 371. The number of nitrogens with one attached hydrogen (secondary N) is 1. The maximum Gasteiger partial charge on any atom is 0.0396 e. The third-order valence-electron chi connectivity index (χ3n) is 3.69. The third kappa shape index (κ3) is 4.02. The quantitative estimate of drug-likeness (QED) is 0.831. The van der Waals surface area contributed by atoms with Crippen LogP contribution in [0.5, 0.6) is 0 Å². The molecule has 1 aromatic rings. The van der Waals surface area contributed by atoms with Gasteiger partial charge in [0.2, 0.25) is 0 Å². The lowest BCUT2D eigenvalue weighted by Crippen LogP contribution is -2.34. The van der Waals surface area contributed by atoms with Gasteiger partial charge < -0.3 is 10.2 Å². The largest absolute Gasteiger partial charge is 0.374 e. The highest BCUT2D eigenvalue weighted by Gasteiger charge is 2.16. The molecule has 0 amide bonds. The van der Waals surface area contributed by atoms with Crippen molar-refractivity contribution in [3.8, 4) is 0 Å². The van der Waals surface area contributed by atoms with Crippen LogP contribution in [-0.4, -0.2) is 27.2 Å². The Morgan fingerprint density at radius 3 is 2.44 bits per heavy atom. The van der Waals surface area contributed by atoms with Gasteiger partial charge in [0.25, 0.3) is 0 Å². The smallest absolute Gasteiger partial charge is 0.0396 e. The molecule has 1 atom stereocenters. The molecule has 2 heteroatoms. The van der Waals surface area contributed by atoms with E-state index >= 15 is 0 Å². The molecular weight excluding hydrogens is 220 g/mol.